The maximum Gasteiger partial charge on any atom is 0.472 e. The molecule has 0 aliphatic rings. The topological polar surface area (TPSA) is 134 Å². The summed E-state index contributed by atoms with van der Waals surface area (Å²) in [6.45, 7) is 3.58. The van der Waals surface area contributed by atoms with Crippen LogP contribution in [-0.4, -0.2) is 49.3 Å². The van der Waals surface area contributed by atoms with E-state index in [9.17, 15) is 19.0 Å². The number of phosphoric acid groups is 1. The Hall–Kier alpha value is -3.85. The first-order valence-corrected chi connectivity index (χ1v) is 31.2. The number of unbranched alkanes of at least 4 members (excludes halogenated alkanes) is 19. The van der Waals surface area contributed by atoms with Gasteiger partial charge in [-0.05, 0) is 116 Å². The number of allylic oxidation sites excluding steroid dienone is 22. The molecule has 9 nitrogen and oxygen atoms in total. The monoisotopic (exact) mass is 1060 g/mol. The lowest BCUT2D eigenvalue weighted by atomic mass is 10.1. The first-order chi connectivity index (χ1) is 36.8. The lowest BCUT2D eigenvalue weighted by Crippen LogP contribution is -2.29. The van der Waals surface area contributed by atoms with E-state index in [0.29, 0.717) is 6.42 Å². The van der Waals surface area contributed by atoms with Gasteiger partial charge < -0.3 is 20.1 Å². The Balaban J connectivity index is 4.01. The smallest absolute Gasteiger partial charge is 0.462 e. The van der Waals surface area contributed by atoms with Crippen molar-refractivity contribution in [2.24, 2.45) is 5.73 Å². The van der Waals surface area contributed by atoms with E-state index in [-0.39, 0.29) is 32.6 Å². The van der Waals surface area contributed by atoms with Gasteiger partial charge in [-0.2, -0.15) is 0 Å². The molecule has 0 aliphatic heterocycles. The van der Waals surface area contributed by atoms with Crippen LogP contribution in [0.25, 0.3) is 0 Å². The van der Waals surface area contributed by atoms with Crippen molar-refractivity contribution in [3.8, 4) is 0 Å². The number of esters is 2. The predicted octanol–water partition coefficient (Wildman–Crippen LogP) is 19.0. The van der Waals surface area contributed by atoms with Crippen LogP contribution in [-0.2, 0) is 32.7 Å². The largest absolute Gasteiger partial charge is 0.472 e. The van der Waals surface area contributed by atoms with Crippen LogP contribution in [0.5, 0.6) is 0 Å². The molecule has 0 saturated carbocycles. The Morgan fingerprint density at radius 3 is 1.09 bits per heavy atom. The number of carbonyl (C=O) groups excluding carboxylic acids is 2. The molecule has 0 aliphatic carbocycles. The minimum atomic E-state index is -4.40. The summed E-state index contributed by atoms with van der Waals surface area (Å²) in [6.07, 6.45) is 83.6. The van der Waals surface area contributed by atoms with Crippen LogP contribution in [0.3, 0.4) is 0 Å². The summed E-state index contributed by atoms with van der Waals surface area (Å²) < 4.78 is 33.0. The van der Waals surface area contributed by atoms with E-state index in [4.69, 9.17) is 24.3 Å². The van der Waals surface area contributed by atoms with Gasteiger partial charge >= 0.3 is 19.8 Å². The van der Waals surface area contributed by atoms with Gasteiger partial charge in [0.25, 0.3) is 0 Å². The quantitative estimate of drug-likeness (QED) is 0.0264. The summed E-state index contributed by atoms with van der Waals surface area (Å²) in [5.74, 6) is -0.851. The van der Waals surface area contributed by atoms with Crippen LogP contribution >= 0.6 is 7.82 Å². The van der Waals surface area contributed by atoms with Crippen LogP contribution in [0.1, 0.15) is 232 Å². The molecule has 426 valence electrons. The number of rotatable bonds is 54. The van der Waals surface area contributed by atoms with Crippen molar-refractivity contribution in [3.63, 3.8) is 0 Å². The Kier molecular flexibility index (Phi) is 56.3. The summed E-state index contributed by atoms with van der Waals surface area (Å²) >= 11 is 0. The highest BCUT2D eigenvalue weighted by atomic mass is 31.2. The molecule has 0 aromatic heterocycles. The van der Waals surface area contributed by atoms with Gasteiger partial charge in [-0.3, -0.25) is 18.6 Å². The van der Waals surface area contributed by atoms with Crippen LogP contribution in [0.2, 0.25) is 0 Å². The van der Waals surface area contributed by atoms with Crippen LogP contribution < -0.4 is 5.73 Å². The van der Waals surface area contributed by atoms with Crippen molar-refractivity contribution in [1.29, 1.82) is 0 Å². The third-order valence-corrected chi connectivity index (χ3v) is 13.0. The fourth-order valence-electron chi connectivity index (χ4n) is 7.66. The first-order valence-electron chi connectivity index (χ1n) is 29.7. The SMILES string of the molecule is CC/C=C\C/C=C\C/C=C\C/C=C\C/C=C\C/C=C\C/C=C\C/C=C\C/C=C\CCCCCCCCCCCC(=O)OC(COC(=O)CCCCCCCCC/C=C\C/C=C\CCCCC)COP(=O)(O)OCCN. The Bertz CT molecular complexity index is 1680. The Morgan fingerprint density at radius 2 is 0.733 bits per heavy atom. The highest BCUT2D eigenvalue weighted by Crippen LogP contribution is 2.43. The summed E-state index contributed by atoms with van der Waals surface area (Å²) in [6, 6.07) is 0. The molecule has 0 heterocycles. The molecule has 0 aromatic carbocycles. The zero-order valence-electron chi connectivity index (χ0n) is 47.5. The fraction of sp³-hybridized carbons (Fsp3) is 0.631. The predicted molar refractivity (Wildman–Crippen MR) is 320 cm³/mol. The fourth-order valence-corrected chi connectivity index (χ4v) is 8.42. The van der Waals surface area contributed by atoms with E-state index in [1.807, 2.05) is 0 Å². The van der Waals surface area contributed by atoms with Crippen molar-refractivity contribution >= 4 is 19.8 Å². The summed E-state index contributed by atoms with van der Waals surface area (Å²) in [7, 11) is -4.40. The third kappa shape index (κ3) is 59.3. The van der Waals surface area contributed by atoms with E-state index in [1.165, 1.54) is 77.0 Å². The van der Waals surface area contributed by atoms with E-state index < -0.39 is 32.5 Å². The standard InChI is InChI=1S/C65H108NO8P/c1-3-5-7-9-11-13-15-17-19-21-22-23-24-25-26-27-28-29-30-31-32-33-34-35-36-37-38-39-40-42-44-46-48-50-52-54-56-58-65(68)74-63(62-73-75(69,70)72-60-59-66)61-71-64(67)57-55-53-51-49-47-45-43-41-20-18-16-14-12-10-8-6-4-2/h5,7,11-14,17-20,22-23,25-26,28-29,31-32,34-35,37-38,63H,3-4,6,8-10,15-16,21,24,27,30,33,36,39-62,66H2,1-2H3,(H,69,70)/b7-5-,13-11-,14-12-,19-17-,20-18-,23-22-,26-25-,29-28-,32-31-,35-34-,38-37-. The summed E-state index contributed by atoms with van der Waals surface area (Å²) in [5, 5.41) is 0. The molecule has 2 unspecified atom stereocenters. The van der Waals surface area contributed by atoms with Gasteiger partial charge in [-0.15, -0.1) is 0 Å². The van der Waals surface area contributed by atoms with Gasteiger partial charge in [0.05, 0.1) is 13.2 Å². The van der Waals surface area contributed by atoms with E-state index in [1.54, 1.807) is 0 Å². The number of hydrogen-bond acceptors (Lipinski definition) is 8. The Morgan fingerprint density at radius 1 is 0.413 bits per heavy atom. The maximum absolute atomic E-state index is 12.7. The molecule has 0 spiro atoms. The van der Waals surface area contributed by atoms with Gasteiger partial charge in [-0.1, -0.05) is 237 Å². The molecule has 0 fully saturated rings. The van der Waals surface area contributed by atoms with E-state index in [0.717, 1.165) is 122 Å². The highest BCUT2D eigenvalue weighted by Gasteiger charge is 2.26. The molecule has 0 bridgehead atoms. The molecule has 2 atom stereocenters. The number of phosphoric ester groups is 1. The second-order valence-corrected chi connectivity index (χ2v) is 20.6. The molecular formula is C65H108NO8P. The zero-order chi connectivity index (χ0) is 54.5. The van der Waals surface area contributed by atoms with Gasteiger partial charge in [0, 0.05) is 19.4 Å². The van der Waals surface area contributed by atoms with Crippen molar-refractivity contribution in [1.82, 2.24) is 0 Å². The highest BCUT2D eigenvalue weighted by molar-refractivity contribution is 7.47. The van der Waals surface area contributed by atoms with Crippen LogP contribution in [0, 0.1) is 0 Å². The lowest BCUT2D eigenvalue weighted by Gasteiger charge is -2.19. The molecule has 0 radical (unpaired) electrons. The minimum absolute atomic E-state index is 0.0449. The normalized spacial score (nSPS) is 14.0. The molecule has 75 heavy (non-hydrogen) atoms. The van der Waals surface area contributed by atoms with E-state index >= 15 is 0 Å². The summed E-state index contributed by atoms with van der Waals surface area (Å²) in [4.78, 5) is 35.2. The number of hydrogen-bond donors (Lipinski definition) is 2. The van der Waals surface area contributed by atoms with Gasteiger partial charge in [0.15, 0.2) is 6.10 Å². The number of carbonyl (C=O) groups is 2. The zero-order valence-corrected chi connectivity index (χ0v) is 48.4. The second-order valence-electron chi connectivity index (χ2n) is 19.1. The van der Waals surface area contributed by atoms with Crippen molar-refractivity contribution in [3.05, 3.63) is 134 Å². The molecular weight excluding hydrogens is 954 g/mol. The van der Waals surface area contributed by atoms with Crippen molar-refractivity contribution in [2.75, 3.05) is 26.4 Å². The maximum atomic E-state index is 12.7. The number of ether oxygens (including phenoxy) is 2. The second kappa shape index (κ2) is 59.4. The van der Waals surface area contributed by atoms with Crippen LogP contribution in [0.15, 0.2) is 134 Å². The third-order valence-electron chi connectivity index (χ3n) is 12.0. The summed E-state index contributed by atoms with van der Waals surface area (Å²) in [5.41, 5.74) is 5.38. The Labute approximate surface area is 459 Å². The van der Waals surface area contributed by atoms with E-state index in [2.05, 4.69) is 148 Å². The molecule has 10 heteroatoms. The molecule has 0 amide bonds. The van der Waals surface area contributed by atoms with Gasteiger partial charge in [-0.25, -0.2) is 4.57 Å². The average molecular weight is 1060 g/mol. The molecule has 0 saturated heterocycles. The van der Waals surface area contributed by atoms with Crippen molar-refractivity contribution in [2.45, 2.75) is 238 Å². The van der Waals surface area contributed by atoms with Crippen molar-refractivity contribution < 1.29 is 37.6 Å². The van der Waals surface area contributed by atoms with Gasteiger partial charge in [0.2, 0.25) is 0 Å². The van der Waals surface area contributed by atoms with Gasteiger partial charge in [0.1, 0.15) is 6.61 Å². The average Bonchev–Trinajstić information content (AvgIpc) is 3.40. The molecule has 0 aromatic rings. The molecule has 3 N–H and O–H groups in total. The lowest BCUT2D eigenvalue weighted by molar-refractivity contribution is -0.161. The van der Waals surface area contributed by atoms with Crippen LogP contribution in [0.4, 0.5) is 0 Å². The molecule has 0 rings (SSSR count). The number of nitrogens with two attached hydrogens (primary N) is 1. The minimum Gasteiger partial charge on any atom is -0.462 e. The first kappa shape index (κ1) is 71.2.